The predicted molar refractivity (Wildman–Crippen MR) is 103 cm³/mol. The molecule has 126 valence electrons. The topological polar surface area (TPSA) is 72.6 Å². The Labute approximate surface area is 156 Å². The van der Waals surface area contributed by atoms with E-state index in [0.29, 0.717) is 17.0 Å². The van der Waals surface area contributed by atoms with Gasteiger partial charge in [-0.1, -0.05) is 36.0 Å². The molecular formula is C21H15N3OS. The Hall–Kier alpha value is -3.41. The zero-order chi connectivity index (χ0) is 18.7. The van der Waals surface area contributed by atoms with Gasteiger partial charge in [0.2, 0.25) is 0 Å². The quantitative estimate of drug-likeness (QED) is 0.659. The molecule has 0 unspecified atom stereocenters. The Morgan fingerprint density at radius 3 is 2.08 bits per heavy atom. The first-order valence-electron chi connectivity index (χ1n) is 7.91. The number of aromatic nitrogens is 1. The van der Waals surface area contributed by atoms with E-state index < -0.39 is 0 Å². The smallest absolute Gasteiger partial charge is 0.118 e. The molecular weight excluding hydrogens is 342 g/mol. The molecule has 4 nitrogen and oxygen atoms in total. The van der Waals surface area contributed by atoms with E-state index in [1.165, 1.54) is 0 Å². The van der Waals surface area contributed by atoms with Gasteiger partial charge < -0.3 is 9.72 Å². The molecule has 0 saturated carbocycles. The molecule has 0 amide bonds. The molecule has 0 saturated heterocycles. The van der Waals surface area contributed by atoms with Crippen LogP contribution in [0.25, 0.3) is 22.5 Å². The van der Waals surface area contributed by atoms with Gasteiger partial charge in [0.15, 0.2) is 0 Å². The van der Waals surface area contributed by atoms with Crippen molar-refractivity contribution in [2.24, 2.45) is 0 Å². The maximum atomic E-state index is 9.62. The molecule has 0 fully saturated rings. The van der Waals surface area contributed by atoms with Crippen LogP contribution in [0.2, 0.25) is 0 Å². The van der Waals surface area contributed by atoms with E-state index >= 15 is 0 Å². The summed E-state index contributed by atoms with van der Waals surface area (Å²) in [6.45, 7) is 1.98. The molecule has 0 aliphatic heterocycles. The van der Waals surface area contributed by atoms with Crippen LogP contribution in [-0.4, -0.2) is 12.1 Å². The van der Waals surface area contributed by atoms with Gasteiger partial charge in [0.05, 0.1) is 34.1 Å². The van der Waals surface area contributed by atoms with Crippen molar-refractivity contribution in [2.45, 2.75) is 6.92 Å². The van der Waals surface area contributed by atoms with Crippen LogP contribution >= 0.6 is 12.2 Å². The summed E-state index contributed by atoms with van der Waals surface area (Å²) in [5.41, 5.74) is 4.53. The predicted octanol–water partition coefficient (Wildman–Crippen LogP) is 5.14. The second-order valence-electron chi connectivity index (χ2n) is 5.78. The third-order valence-corrected chi connectivity index (χ3v) is 4.52. The summed E-state index contributed by atoms with van der Waals surface area (Å²) in [5, 5.41) is 19.2. The van der Waals surface area contributed by atoms with Crippen LogP contribution in [0, 0.1) is 34.1 Å². The van der Waals surface area contributed by atoms with Crippen molar-refractivity contribution in [1.82, 2.24) is 4.98 Å². The summed E-state index contributed by atoms with van der Waals surface area (Å²) >= 11 is 5.46. The monoisotopic (exact) mass is 357 g/mol. The summed E-state index contributed by atoms with van der Waals surface area (Å²) in [4.78, 5) is 3.27. The molecule has 26 heavy (non-hydrogen) atoms. The van der Waals surface area contributed by atoms with E-state index in [1.807, 2.05) is 55.5 Å². The number of nitriles is 2. The number of nitrogens with one attached hydrogen (secondary N) is 1. The summed E-state index contributed by atoms with van der Waals surface area (Å²) in [6, 6.07) is 19.4. The van der Waals surface area contributed by atoms with E-state index in [0.717, 1.165) is 22.4 Å². The van der Waals surface area contributed by atoms with Gasteiger partial charge in [-0.3, -0.25) is 0 Å². The molecule has 0 aliphatic rings. The van der Waals surface area contributed by atoms with Crippen LogP contribution in [0.1, 0.15) is 16.7 Å². The van der Waals surface area contributed by atoms with Crippen molar-refractivity contribution in [3.63, 3.8) is 0 Å². The van der Waals surface area contributed by atoms with Gasteiger partial charge in [0.1, 0.15) is 17.9 Å². The lowest BCUT2D eigenvalue weighted by Gasteiger charge is -2.13. The largest absolute Gasteiger partial charge is 0.497 e. The van der Waals surface area contributed by atoms with Gasteiger partial charge in [-0.2, -0.15) is 10.5 Å². The summed E-state index contributed by atoms with van der Waals surface area (Å²) < 4.78 is 5.45. The minimum Gasteiger partial charge on any atom is -0.497 e. The maximum Gasteiger partial charge on any atom is 0.118 e. The SMILES string of the molecule is COc1ccc(-c2[nH]c(-c3cccc(C)c3)c(C#N)c(=S)c2C#N)cc1. The summed E-state index contributed by atoms with van der Waals surface area (Å²) in [6.07, 6.45) is 0. The van der Waals surface area contributed by atoms with E-state index in [4.69, 9.17) is 17.0 Å². The molecule has 5 heteroatoms. The molecule has 3 rings (SSSR count). The number of hydrogen-bond donors (Lipinski definition) is 1. The Kier molecular flexibility index (Phi) is 4.84. The van der Waals surface area contributed by atoms with Crippen LogP contribution in [0.3, 0.4) is 0 Å². The number of aromatic amines is 1. The maximum absolute atomic E-state index is 9.62. The standard InChI is InChI=1S/C21H15N3OS/c1-13-4-3-5-15(10-13)20-18(12-23)21(26)17(11-22)19(24-20)14-6-8-16(25-2)9-7-14/h3-10H,1-2H3,(H,24,26). The zero-order valence-corrected chi connectivity index (χ0v) is 15.1. The van der Waals surface area contributed by atoms with Crippen molar-refractivity contribution in [1.29, 1.82) is 10.5 Å². The fraction of sp³-hybridized carbons (Fsp3) is 0.0952. The lowest BCUT2D eigenvalue weighted by Crippen LogP contribution is -1.99. The highest BCUT2D eigenvalue weighted by molar-refractivity contribution is 7.71. The van der Waals surface area contributed by atoms with Gasteiger partial charge >= 0.3 is 0 Å². The van der Waals surface area contributed by atoms with Crippen LogP contribution in [-0.2, 0) is 0 Å². The second-order valence-corrected chi connectivity index (χ2v) is 6.18. The average Bonchev–Trinajstić information content (AvgIpc) is 2.67. The number of hydrogen-bond acceptors (Lipinski definition) is 4. The number of nitrogens with zero attached hydrogens (tertiary/aromatic N) is 2. The number of H-pyrrole nitrogens is 1. The lowest BCUT2D eigenvalue weighted by molar-refractivity contribution is 0.415. The van der Waals surface area contributed by atoms with E-state index in [1.54, 1.807) is 7.11 Å². The first kappa shape index (κ1) is 17.4. The Bertz CT molecular complexity index is 1120. The number of rotatable bonds is 3. The minimum atomic E-state index is 0.260. The van der Waals surface area contributed by atoms with Crippen molar-refractivity contribution in [3.8, 4) is 40.4 Å². The highest BCUT2D eigenvalue weighted by Gasteiger charge is 2.17. The minimum absolute atomic E-state index is 0.260. The second kappa shape index (κ2) is 7.23. The van der Waals surface area contributed by atoms with Gasteiger partial charge in [0, 0.05) is 0 Å². The van der Waals surface area contributed by atoms with Crippen LogP contribution < -0.4 is 4.74 Å². The fourth-order valence-corrected chi connectivity index (χ4v) is 3.10. The van der Waals surface area contributed by atoms with Gasteiger partial charge in [-0.05, 0) is 48.4 Å². The molecule has 0 atom stereocenters. The van der Waals surface area contributed by atoms with Crippen molar-refractivity contribution in [2.75, 3.05) is 7.11 Å². The normalized spacial score (nSPS) is 10.0. The number of pyridine rings is 1. The highest BCUT2D eigenvalue weighted by Crippen LogP contribution is 2.31. The summed E-state index contributed by atoms with van der Waals surface area (Å²) in [5.74, 6) is 0.721. The van der Waals surface area contributed by atoms with Gasteiger partial charge in [0.25, 0.3) is 0 Å². The molecule has 0 spiro atoms. The molecule has 1 heterocycles. The third-order valence-electron chi connectivity index (χ3n) is 4.11. The van der Waals surface area contributed by atoms with E-state index in [2.05, 4.69) is 17.1 Å². The molecule has 0 radical (unpaired) electrons. The summed E-state index contributed by atoms with van der Waals surface area (Å²) in [7, 11) is 1.60. The fourth-order valence-electron chi connectivity index (χ4n) is 2.81. The van der Waals surface area contributed by atoms with Crippen LogP contribution in [0.4, 0.5) is 0 Å². The Balaban J connectivity index is 2.33. The Morgan fingerprint density at radius 2 is 1.54 bits per heavy atom. The lowest BCUT2D eigenvalue weighted by atomic mass is 9.99. The first-order chi connectivity index (χ1) is 12.6. The Morgan fingerprint density at radius 1 is 0.923 bits per heavy atom. The van der Waals surface area contributed by atoms with Gasteiger partial charge in [-0.15, -0.1) is 0 Å². The number of ether oxygens (including phenoxy) is 1. The first-order valence-corrected chi connectivity index (χ1v) is 8.31. The van der Waals surface area contributed by atoms with E-state index in [9.17, 15) is 10.5 Å². The number of benzene rings is 2. The van der Waals surface area contributed by atoms with Gasteiger partial charge in [-0.25, -0.2) is 0 Å². The molecule has 3 aromatic rings. The molecule has 0 aliphatic carbocycles. The molecule has 1 N–H and O–H groups in total. The highest BCUT2D eigenvalue weighted by atomic mass is 32.1. The third kappa shape index (κ3) is 3.09. The molecule has 2 aromatic carbocycles. The average molecular weight is 357 g/mol. The van der Waals surface area contributed by atoms with Crippen LogP contribution in [0.15, 0.2) is 48.5 Å². The van der Waals surface area contributed by atoms with Crippen molar-refractivity contribution < 1.29 is 4.74 Å². The van der Waals surface area contributed by atoms with Crippen LogP contribution in [0.5, 0.6) is 5.75 Å². The molecule has 1 aromatic heterocycles. The zero-order valence-electron chi connectivity index (χ0n) is 14.3. The number of aryl methyl sites for hydroxylation is 1. The number of methoxy groups -OCH3 is 1. The van der Waals surface area contributed by atoms with Crippen molar-refractivity contribution in [3.05, 3.63) is 69.7 Å². The molecule has 0 bridgehead atoms. The van der Waals surface area contributed by atoms with E-state index in [-0.39, 0.29) is 10.1 Å². The van der Waals surface area contributed by atoms with Crippen molar-refractivity contribution >= 4 is 12.2 Å².